The van der Waals surface area contributed by atoms with Crippen LogP contribution in [0.4, 0.5) is 0 Å². The van der Waals surface area contributed by atoms with Crippen LogP contribution in [-0.2, 0) is 0 Å². The molecule has 0 spiro atoms. The first kappa shape index (κ1) is 33.9. The molecule has 0 fully saturated rings. The molecule has 9 aromatic carbocycles. The molecule has 6 nitrogen and oxygen atoms in total. The molecule has 302 valence electrons. The zero-order valence-electron chi connectivity index (χ0n) is 37.5. The van der Waals surface area contributed by atoms with Crippen LogP contribution in [0.25, 0.3) is 120 Å². The van der Waals surface area contributed by atoms with Crippen LogP contribution in [0, 0.1) is 11.3 Å². The molecule has 4 heterocycles. The molecule has 0 aliphatic heterocycles. The third-order valence-electron chi connectivity index (χ3n) is 12.4. The molecule has 7 heteroatoms. The summed E-state index contributed by atoms with van der Waals surface area (Å²) in [5.41, 5.74) is 8.11. The third-order valence-corrected chi connectivity index (χ3v) is 13.5. The Morgan fingerprint density at radius 2 is 1.03 bits per heavy atom. The number of hydrogen-bond acceptors (Lipinski definition) is 5. The molecule has 65 heavy (non-hydrogen) atoms. The number of nitrogens with zero attached hydrogens (tertiary/aromatic N) is 6. The number of nitriles is 1. The van der Waals surface area contributed by atoms with E-state index in [1.807, 2.05) is 120 Å². The minimum Gasteiger partial charge on any atom is -0.309 e. The van der Waals surface area contributed by atoms with Crippen molar-refractivity contribution in [2.75, 3.05) is 0 Å². The van der Waals surface area contributed by atoms with Crippen LogP contribution in [0.5, 0.6) is 0 Å². The zero-order chi connectivity index (χ0) is 45.6. The molecule has 0 unspecified atom stereocenters. The maximum Gasteiger partial charge on any atom is 0.164 e. The van der Waals surface area contributed by atoms with E-state index in [0.29, 0.717) is 17.2 Å². The summed E-state index contributed by atoms with van der Waals surface area (Å²) in [7, 11) is 0. The fourth-order valence-corrected chi connectivity index (χ4v) is 10.5. The standard InChI is InChI=1S/C58H34N6S/c59-35-41-33-39(27-30-48(41)64-49-20-10-7-17-43(49)45-29-31-51-54(55(45)64)46-19-8-11-21-50(46)63(51)42-15-5-2-6-16-42)57-60-56(38-25-23-37(24-26-38)36-13-3-1-4-14-36)61-58(62-57)40-28-32-53-47(34-40)44-18-9-12-22-52(44)65-53/h1-34H/i27D,30D,33D. The summed E-state index contributed by atoms with van der Waals surface area (Å²) >= 11 is 1.72. The highest BCUT2D eigenvalue weighted by Crippen LogP contribution is 2.43. The van der Waals surface area contributed by atoms with Gasteiger partial charge in [-0.15, -0.1) is 11.3 Å². The summed E-state index contributed by atoms with van der Waals surface area (Å²) in [6, 6.07) is 64.7. The van der Waals surface area contributed by atoms with Crippen molar-refractivity contribution in [1.82, 2.24) is 24.1 Å². The van der Waals surface area contributed by atoms with Crippen molar-refractivity contribution in [3.63, 3.8) is 0 Å². The predicted octanol–water partition coefficient (Wildman–Crippen LogP) is 15.0. The maximum atomic E-state index is 11.2. The molecule has 13 aromatic rings. The fraction of sp³-hybridized carbons (Fsp3) is 0. The molecule has 0 atom stereocenters. The predicted molar refractivity (Wildman–Crippen MR) is 268 cm³/mol. The Morgan fingerprint density at radius 3 is 1.80 bits per heavy atom. The lowest BCUT2D eigenvalue weighted by Crippen LogP contribution is -2.02. The van der Waals surface area contributed by atoms with Gasteiger partial charge in [0.1, 0.15) is 6.07 Å². The van der Waals surface area contributed by atoms with Gasteiger partial charge in [0.25, 0.3) is 0 Å². The number of aromatic nitrogens is 5. The van der Waals surface area contributed by atoms with Gasteiger partial charge in [0, 0.05) is 64.1 Å². The molecule has 0 aliphatic rings. The third kappa shape index (κ3) is 5.89. The van der Waals surface area contributed by atoms with Crippen molar-refractivity contribution < 1.29 is 4.11 Å². The minimum atomic E-state index is -0.268. The fourth-order valence-electron chi connectivity index (χ4n) is 9.41. The van der Waals surface area contributed by atoms with Gasteiger partial charge in [0.2, 0.25) is 0 Å². The average Bonchev–Trinajstić information content (AvgIpc) is 4.05. The molecule has 0 saturated carbocycles. The van der Waals surface area contributed by atoms with Crippen molar-refractivity contribution >= 4 is 75.1 Å². The lowest BCUT2D eigenvalue weighted by molar-refractivity contribution is 1.07. The number of benzene rings is 9. The van der Waals surface area contributed by atoms with Crippen molar-refractivity contribution in [2.45, 2.75) is 0 Å². The second kappa shape index (κ2) is 14.7. The smallest absolute Gasteiger partial charge is 0.164 e. The van der Waals surface area contributed by atoms with E-state index < -0.39 is 0 Å². The number of para-hydroxylation sites is 3. The van der Waals surface area contributed by atoms with E-state index in [1.165, 1.54) is 4.70 Å². The van der Waals surface area contributed by atoms with Crippen LogP contribution in [0.3, 0.4) is 0 Å². The Kier molecular flexibility index (Phi) is 7.66. The van der Waals surface area contributed by atoms with Crippen molar-refractivity contribution in [3.05, 3.63) is 212 Å². The number of fused-ring (bicyclic) bond motifs is 10. The van der Waals surface area contributed by atoms with E-state index in [-0.39, 0.29) is 40.8 Å². The van der Waals surface area contributed by atoms with E-state index in [4.69, 9.17) is 15.0 Å². The lowest BCUT2D eigenvalue weighted by Gasteiger charge is -2.13. The first-order chi connectivity index (χ1) is 33.4. The molecule has 0 amide bonds. The minimum absolute atomic E-state index is 0.0187. The second-order valence-corrected chi connectivity index (χ2v) is 17.1. The Balaban J connectivity index is 1.07. The molecule has 0 aliphatic carbocycles. The number of thiophene rings is 1. The first-order valence-electron chi connectivity index (χ1n) is 22.8. The van der Waals surface area contributed by atoms with E-state index >= 15 is 0 Å². The quantitative estimate of drug-likeness (QED) is 0.167. The Morgan fingerprint density at radius 1 is 0.446 bits per heavy atom. The summed E-state index contributed by atoms with van der Waals surface area (Å²) in [5.74, 6) is 0.726. The van der Waals surface area contributed by atoms with Crippen molar-refractivity contribution in [2.24, 2.45) is 0 Å². The van der Waals surface area contributed by atoms with Crippen LogP contribution in [0.1, 0.15) is 9.68 Å². The molecule has 0 saturated heterocycles. The summed E-state index contributed by atoms with van der Waals surface area (Å²) < 4.78 is 36.1. The molecule has 13 rings (SSSR count). The van der Waals surface area contributed by atoms with Gasteiger partial charge in [0.15, 0.2) is 17.5 Å². The summed E-state index contributed by atoms with van der Waals surface area (Å²) in [4.78, 5) is 15.0. The molecular weight excluding hydrogens is 813 g/mol. The maximum absolute atomic E-state index is 11.2. The highest BCUT2D eigenvalue weighted by molar-refractivity contribution is 7.25. The average molecular weight is 850 g/mol. The van der Waals surface area contributed by atoms with Crippen LogP contribution in [0.2, 0.25) is 0 Å². The van der Waals surface area contributed by atoms with Crippen molar-refractivity contribution in [1.29, 1.82) is 5.26 Å². The van der Waals surface area contributed by atoms with E-state index in [1.54, 1.807) is 11.3 Å². The normalized spacial score (nSPS) is 12.3. The van der Waals surface area contributed by atoms with Gasteiger partial charge in [-0.1, -0.05) is 133 Å². The lowest BCUT2D eigenvalue weighted by atomic mass is 10.0. The Hall–Kier alpha value is -8.70. The highest BCUT2D eigenvalue weighted by Gasteiger charge is 2.23. The molecule has 0 bridgehead atoms. The van der Waals surface area contributed by atoms with Gasteiger partial charge >= 0.3 is 0 Å². The zero-order valence-corrected chi connectivity index (χ0v) is 35.3. The van der Waals surface area contributed by atoms with Crippen LogP contribution < -0.4 is 0 Å². The van der Waals surface area contributed by atoms with Gasteiger partial charge in [-0.3, -0.25) is 0 Å². The Bertz CT molecular complexity index is 4250. The van der Waals surface area contributed by atoms with E-state index in [2.05, 4.69) is 83.4 Å². The van der Waals surface area contributed by atoms with Gasteiger partial charge in [-0.25, -0.2) is 15.0 Å². The Labute approximate surface area is 381 Å². The second-order valence-electron chi connectivity index (χ2n) is 16.0. The van der Waals surface area contributed by atoms with Gasteiger partial charge in [-0.05, 0) is 83.9 Å². The summed E-state index contributed by atoms with van der Waals surface area (Å²) in [5, 5.41) is 17.2. The topological polar surface area (TPSA) is 72.3 Å². The molecular formula is C58H34N6S. The number of rotatable bonds is 6. The SMILES string of the molecule is [2H]c1c([2H])c(-n2c3ccccc3c3ccc4c(c5ccccc5n4-c4ccccc4)c32)c(C#N)c([2H])c1-c1nc(-c2ccc(-c3ccccc3)cc2)nc(-c2ccc3sc4ccccc4c3c2)n1. The first-order valence-corrected chi connectivity index (χ1v) is 22.2. The van der Waals surface area contributed by atoms with Crippen LogP contribution in [0.15, 0.2) is 206 Å². The molecule has 0 N–H and O–H groups in total. The number of hydrogen-bond donors (Lipinski definition) is 0. The summed E-state index contributed by atoms with van der Waals surface area (Å²) in [6.45, 7) is 0. The van der Waals surface area contributed by atoms with Crippen LogP contribution >= 0.6 is 11.3 Å². The summed E-state index contributed by atoms with van der Waals surface area (Å²) in [6.07, 6.45) is 0. The molecule has 4 aromatic heterocycles. The van der Waals surface area contributed by atoms with E-state index in [0.717, 1.165) is 81.5 Å². The van der Waals surface area contributed by atoms with Crippen LogP contribution in [-0.4, -0.2) is 24.1 Å². The highest BCUT2D eigenvalue weighted by atomic mass is 32.1. The van der Waals surface area contributed by atoms with Gasteiger partial charge in [0.05, 0.1) is 37.4 Å². The van der Waals surface area contributed by atoms with Gasteiger partial charge < -0.3 is 9.13 Å². The largest absolute Gasteiger partial charge is 0.309 e. The molecule has 0 radical (unpaired) electrons. The van der Waals surface area contributed by atoms with Crippen molar-refractivity contribution in [3.8, 4) is 62.7 Å². The van der Waals surface area contributed by atoms with Gasteiger partial charge in [-0.2, -0.15) is 5.26 Å². The van der Waals surface area contributed by atoms with E-state index in [9.17, 15) is 9.37 Å². The monoisotopic (exact) mass is 849 g/mol.